The molecule has 0 radical (unpaired) electrons. The first-order valence-corrected chi connectivity index (χ1v) is 4.67. The van der Waals surface area contributed by atoms with Gasteiger partial charge in [-0.05, 0) is 42.5 Å². The van der Waals surface area contributed by atoms with Crippen molar-refractivity contribution >= 4 is 6.16 Å². The van der Waals surface area contributed by atoms with Crippen molar-refractivity contribution in [3.63, 3.8) is 0 Å². The second-order valence-corrected chi connectivity index (χ2v) is 3.34. The fourth-order valence-electron chi connectivity index (χ4n) is 1.75. The van der Waals surface area contributed by atoms with Crippen molar-refractivity contribution in [2.24, 2.45) is 0 Å². The van der Waals surface area contributed by atoms with Gasteiger partial charge in [-0.3, -0.25) is 0 Å². The highest BCUT2D eigenvalue weighted by atomic mass is 16.7. The average molecular weight is 192 g/mol. The summed E-state index contributed by atoms with van der Waals surface area (Å²) >= 11 is 0. The predicted octanol–water partition coefficient (Wildman–Crippen LogP) is 2.32. The fourth-order valence-corrected chi connectivity index (χ4v) is 1.75. The van der Waals surface area contributed by atoms with Crippen molar-refractivity contribution in [2.75, 3.05) is 7.11 Å². The lowest BCUT2D eigenvalue weighted by Crippen LogP contribution is -2.07. The van der Waals surface area contributed by atoms with Crippen molar-refractivity contribution < 1.29 is 14.3 Å². The fraction of sp³-hybridized carbons (Fsp3) is 0.364. The highest BCUT2D eigenvalue weighted by Crippen LogP contribution is 2.26. The van der Waals surface area contributed by atoms with Gasteiger partial charge in [-0.25, -0.2) is 4.79 Å². The van der Waals surface area contributed by atoms with E-state index in [9.17, 15) is 4.79 Å². The molecule has 1 aliphatic rings. The van der Waals surface area contributed by atoms with Gasteiger partial charge in [0, 0.05) is 0 Å². The molecule has 1 aromatic carbocycles. The van der Waals surface area contributed by atoms with Crippen molar-refractivity contribution in [3.8, 4) is 5.75 Å². The van der Waals surface area contributed by atoms with E-state index in [0.29, 0.717) is 5.75 Å². The van der Waals surface area contributed by atoms with Crippen LogP contribution in [0.1, 0.15) is 17.5 Å². The zero-order chi connectivity index (χ0) is 9.97. The van der Waals surface area contributed by atoms with Gasteiger partial charge in [0.05, 0.1) is 7.11 Å². The minimum Gasteiger partial charge on any atom is -0.437 e. The maximum atomic E-state index is 10.8. The molecule has 0 amide bonds. The third-order valence-corrected chi connectivity index (χ3v) is 2.44. The molecule has 0 saturated heterocycles. The Bertz CT molecular complexity index is 358. The molecule has 0 bridgehead atoms. The first-order valence-electron chi connectivity index (χ1n) is 4.67. The van der Waals surface area contributed by atoms with Crippen LogP contribution in [0.3, 0.4) is 0 Å². The molecule has 0 fully saturated rings. The molecule has 0 N–H and O–H groups in total. The van der Waals surface area contributed by atoms with Crippen LogP contribution in [0, 0.1) is 0 Å². The second kappa shape index (κ2) is 3.70. The van der Waals surface area contributed by atoms with Crippen molar-refractivity contribution in [1.82, 2.24) is 0 Å². The van der Waals surface area contributed by atoms with E-state index < -0.39 is 6.16 Å². The number of carbonyl (C=O) groups is 1. The standard InChI is InChI=1S/C11H12O3/c1-13-11(12)14-10-6-5-8-3-2-4-9(8)7-10/h5-7H,2-4H2,1H3. The number of benzene rings is 1. The molecular weight excluding hydrogens is 180 g/mol. The second-order valence-electron chi connectivity index (χ2n) is 3.34. The molecule has 0 aliphatic heterocycles. The zero-order valence-electron chi connectivity index (χ0n) is 8.08. The number of hydrogen-bond donors (Lipinski definition) is 0. The Morgan fingerprint density at radius 1 is 1.29 bits per heavy atom. The number of carbonyl (C=O) groups excluding carboxylic acids is 1. The molecule has 1 aromatic rings. The van der Waals surface area contributed by atoms with Crippen LogP contribution in [0.25, 0.3) is 0 Å². The van der Waals surface area contributed by atoms with E-state index >= 15 is 0 Å². The Balaban J connectivity index is 2.16. The van der Waals surface area contributed by atoms with E-state index in [1.807, 2.05) is 12.1 Å². The summed E-state index contributed by atoms with van der Waals surface area (Å²) < 4.78 is 9.34. The van der Waals surface area contributed by atoms with E-state index in [1.54, 1.807) is 6.07 Å². The molecule has 2 rings (SSSR count). The number of aryl methyl sites for hydroxylation is 2. The van der Waals surface area contributed by atoms with Gasteiger partial charge in [-0.15, -0.1) is 0 Å². The summed E-state index contributed by atoms with van der Waals surface area (Å²) in [6, 6.07) is 5.74. The largest absolute Gasteiger partial charge is 0.513 e. The Morgan fingerprint density at radius 3 is 2.86 bits per heavy atom. The van der Waals surface area contributed by atoms with Crippen LogP contribution in [0.5, 0.6) is 5.75 Å². The zero-order valence-corrected chi connectivity index (χ0v) is 8.08. The molecule has 3 heteroatoms. The summed E-state index contributed by atoms with van der Waals surface area (Å²) in [7, 11) is 1.30. The summed E-state index contributed by atoms with van der Waals surface area (Å²) in [4.78, 5) is 10.8. The van der Waals surface area contributed by atoms with Crippen LogP contribution in [-0.4, -0.2) is 13.3 Å². The molecule has 0 spiro atoms. The lowest BCUT2D eigenvalue weighted by Gasteiger charge is -2.04. The number of fused-ring (bicyclic) bond motifs is 1. The van der Waals surface area contributed by atoms with Gasteiger partial charge in [0.2, 0.25) is 0 Å². The van der Waals surface area contributed by atoms with Crippen LogP contribution >= 0.6 is 0 Å². The monoisotopic (exact) mass is 192 g/mol. The molecule has 0 atom stereocenters. The van der Waals surface area contributed by atoms with E-state index in [2.05, 4.69) is 4.74 Å². The molecule has 0 unspecified atom stereocenters. The first kappa shape index (κ1) is 9.06. The van der Waals surface area contributed by atoms with Crippen molar-refractivity contribution in [2.45, 2.75) is 19.3 Å². The topological polar surface area (TPSA) is 35.5 Å². The van der Waals surface area contributed by atoms with E-state index in [1.165, 1.54) is 24.7 Å². The molecule has 3 nitrogen and oxygen atoms in total. The molecule has 0 aromatic heterocycles. The number of rotatable bonds is 1. The number of ether oxygens (including phenoxy) is 2. The maximum absolute atomic E-state index is 10.8. The normalized spacial score (nSPS) is 13.5. The third-order valence-electron chi connectivity index (χ3n) is 2.44. The summed E-state index contributed by atoms with van der Waals surface area (Å²) in [5, 5.41) is 0. The molecule has 0 heterocycles. The van der Waals surface area contributed by atoms with Crippen LogP contribution in [0.15, 0.2) is 18.2 Å². The van der Waals surface area contributed by atoms with Gasteiger partial charge in [-0.2, -0.15) is 0 Å². The molecular formula is C11H12O3. The van der Waals surface area contributed by atoms with E-state index in [0.717, 1.165) is 12.8 Å². The molecule has 74 valence electrons. The first-order chi connectivity index (χ1) is 6.79. The molecule has 0 saturated carbocycles. The van der Waals surface area contributed by atoms with Crippen molar-refractivity contribution in [3.05, 3.63) is 29.3 Å². The van der Waals surface area contributed by atoms with Crippen LogP contribution in [0.4, 0.5) is 4.79 Å². The number of methoxy groups -OCH3 is 1. The SMILES string of the molecule is COC(=O)Oc1ccc2c(c1)CCC2. The lowest BCUT2D eigenvalue weighted by atomic mass is 10.1. The minimum absolute atomic E-state index is 0.567. The van der Waals surface area contributed by atoms with Gasteiger partial charge in [0.1, 0.15) is 5.75 Å². The van der Waals surface area contributed by atoms with Gasteiger partial charge in [0.15, 0.2) is 0 Å². The summed E-state index contributed by atoms with van der Waals surface area (Å²) in [6.07, 6.45) is 2.74. The summed E-state index contributed by atoms with van der Waals surface area (Å²) in [6.45, 7) is 0. The van der Waals surface area contributed by atoms with Crippen LogP contribution < -0.4 is 4.74 Å². The van der Waals surface area contributed by atoms with Gasteiger partial charge in [-0.1, -0.05) is 6.07 Å². The van der Waals surface area contributed by atoms with Crippen molar-refractivity contribution in [1.29, 1.82) is 0 Å². The minimum atomic E-state index is -0.664. The Hall–Kier alpha value is -1.51. The lowest BCUT2D eigenvalue weighted by molar-refractivity contribution is 0.121. The van der Waals surface area contributed by atoms with E-state index in [4.69, 9.17) is 4.74 Å². The summed E-state index contributed by atoms with van der Waals surface area (Å²) in [5.41, 5.74) is 2.65. The maximum Gasteiger partial charge on any atom is 0.513 e. The number of hydrogen-bond acceptors (Lipinski definition) is 3. The van der Waals surface area contributed by atoms with Gasteiger partial charge < -0.3 is 9.47 Å². The average Bonchev–Trinajstić information content (AvgIpc) is 2.64. The Labute approximate surface area is 82.6 Å². The third kappa shape index (κ3) is 1.71. The highest BCUT2D eigenvalue weighted by molar-refractivity contribution is 5.63. The summed E-state index contributed by atoms with van der Waals surface area (Å²) in [5.74, 6) is 0.567. The van der Waals surface area contributed by atoms with Crippen LogP contribution in [0.2, 0.25) is 0 Å². The van der Waals surface area contributed by atoms with Gasteiger partial charge in [0.25, 0.3) is 0 Å². The molecule has 1 aliphatic carbocycles. The highest BCUT2D eigenvalue weighted by Gasteiger charge is 2.12. The quantitative estimate of drug-likeness (QED) is 0.506. The smallest absolute Gasteiger partial charge is 0.437 e. The predicted molar refractivity (Wildman–Crippen MR) is 51.5 cm³/mol. The molecule has 14 heavy (non-hydrogen) atoms. The Kier molecular flexibility index (Phi) is 2.39. The van der Waals surface area contributed by atoms with Crippen LogP contribution in [-0.2, 0) is 17.6 Å². The van der Waals surface area contributed by atoms with Gasteiger partial charge >= 0.3 is 6.16 Å². The Morgan fingerprint density at radius 2 is 2.07 bits per heavy atom. The van der Waals surface area contributed by atoms with E-state index in [-0.39, 0.29) is 0 Å².